The summed E-state index contributed by atoms with van der Waals surface area (Å²) in [6.45, 7) is 3.82. The lowest BCUT2D eigenvalue weighted by atomic mass is 10.1. The average Bonchev–Trinajstić information content (AvgIpc) is 2.49. The fourth-order valence-corrected chi connectivity index (χ4v) is 4.54. The zero-order valence-electron chi connectivity index (χ0n) is 12.2. The van der Waals surface area contributed by atoms with Crippen LogP contribution in [0.25, 0.3) is 0 Å². The first-order chi connectivity index (χ1) is 9.64. The van der Waals surface area contributed by atoms with E-state index in [4.69, 9.17) is 10.5 Å². The highest BCUT2D eigenvalue weighted by atomic mass is 32.2. The van der Waals surface area contributed by atoms with Crippen molar-refractivity contribution in [1.82, 2.24) is 8.61 Å². The molecule has 0 saturated carbocycles. The summed E-state index contributed by atoms with van der Waals surface area (Å²) >= 11 is 0. The van der Waals surface area contributed by atoms with Crippen molar-refractivity contribution in [2.24, 2.45) is 5.73 Å². The first kappa shape index (κ1) is 16.2. The molecule has 0 atom stereocenters. The summed E-state index contributed by atoms with van der Waals surface area (Å²) in [6.07, 6.45) is 5.75. The van der Waals surface area contributed by atoms with Crippen LogP contribution in [0.15, 0.2) is 0 Å². The Morgan fingerprint density at radius 2 is 1.60 bits per heavy atom. The quantitative estimate of drug-likeness (QED) is 0.727. The van der Waals surface area contributed by atoms with Crippen LogP contribution in [-0.4, -0.2) is 62.5 Å². The maximum absolute atomic E-state index is 12.5. The smallest absolute Gasteiger partial charge is 0.281 e. The lowest BCUT2D eigenvalue weighted by molar-refractivity contribution is 0.0199. The molecule has 2 fully saturated rings. The van der Waals surface area contributed by atoms with Crippen LogP contribution in [-0.2, 0) is 14.9 Å². The molecule has 0 aromatic rings. The van der Waals surface area contributed by atoms with Crippen molar-refractivity contribution in [3.63, 3.8) is 0 Å². The summed E-state index contributed by atoms with van der Waals surface area (Å²) in [4.78, 5) is 0. The Kier molecular flexibility index (Phi) is 6.22. The Morgan fingerprint density at radius 1 is 1.00 bits per heavy atom. The third-order valence-electron chi connectivity index (χ3n) is 4.07. The molecule has 2 aliphatic rings. The fraction of sp³-hybridized carbons (Fsp3) is 1.00. The Labute approximate surface area is 122 Å². The first-order valence-corrected chi connectivity index (χ1v) is 9.11. The Hall–Kier alpha value is -0.210. The molecule has 0 amide bonds. The summed E-state index contributed by atoms with van der Waals surface area (Å²) in [5.41, 5.74) is 5.43. The van der Waals surface area contributed by atoms with Gasteiger partial charge < -0.3 is 10.5 Å². The second-order valence-corrected chi connectivity index (χ2v) is 7.51. The molecule has 7 heteroatoms. The van der Waals surface area contributed by atoms with Gasteiger partial charge in [-0.1, -0.05) is 6.42 Å². The molecule has 0 bridgehead atoms. The third-order valence-corrected chi connectivity index (χ3v) is 6.11. The summed E-state index contributed by atoms with van der Waals surface area (Å²) in [5, 5.41) is 0. The van der Waals surface area contributed by atoms with Gasteiger partial charge in [-0.2, -0.15) is 17.0 Å². The minimum absolute atomic E-state index is 0.189. The summed E-state index contributed by atoms with van der Waals surface area (Å²) in [7, 11) is -3.24. The number of nitrogens with two attached hydrogens (primary N) is 1. The number of rotatable bonds is 6. The van der Waals surface area contributed by atoms with Crippen molar-refractivity contribution in [2.45, 2.75) is 44.6 Å². The van der Waals surface area contributed by atoms with E-state index < -0.39 is 10.2 Å². The van der Waals surface area contributed by atoms with Crippen molar-refractivity contribution in [2.75, 3.05) is 39.3 Å². The molecule has 6 nitrogen and oxygen atoms in total. The molecule has 0 unspecified atom stereocenters. The van der Waals surface area contributed by atoms with Crippen LogP contribution in [0, 0.1) is 0 Å². The van der Waals surface area contributed by atoms with Gasteiger partial charge in [0.05, 0.1) is 6.10 Å². The molecule has 2 aliphatic heterocycles. The SMILES string of the molecule is NCCCOC1CCN(S(=O)(=O)N2CCCCC2)CC1. The van der Waals surface area contributed by atoms with E-state index in [0.717, 1.165) is 38.5 Å². The van der Waals surface area contributed by atoms with Gasteiger partial charge in [0.15, 0.2) is 0 Å². The third kappa shape index (κ3) is 4.14. The highest BCUT2D eigenvalue weighted by molar-refractivity contribution is 7.86. The standard InChI is InChI=1S/C13H27N3O3S/c14-7-4-12-19-13-5-10-16(11-6-13)20(17,18)15-8-2-1-3-9-15/h13H,1-12,14H2. The van der Waals surface area contributed by atoms with Crippen LogP contribution in [0.4, 0.5) is 0 Å². The lowest BCUT2D eigenvalue weighted by Gasteiger charge is -2.36. The summed E-state index contributed by atoms with van der Waals surface area (Å²) < 4.78 is 34.0. The number of nitrogens with zero attached hydrogens (tertiary/aromatic N) is 2. The molecule has 20 heavy (non-hydrogen) atoms. The normalized spacial score (nSPS) is 24.1. The number of piperidine rings is 2. The van der Waals surface area contributed by atoms with Crippen molar-refractivity contribution < 1.29 is 13.2 Å². The molecule has 2 rings (SSSR count). The van der Waals surface area contributed by atoms with E-state index in [1.54, 1.807) is 8.61 Å². The number of hydrogen-bond acceptors (Lipinski definition) is 4. The molecule has 2 N–H and O–H groups in total. The van der Waals surface area contributed by atoms with Gasteiger partial charge in [-0.05, 0) is 38.6 Å². The zero-order valence-corrected chi connectivity index (χ0v) is 13.0. The molecule has 0 aromatic carbocycles. The average molecular weight is 305 g/mol. The van der Waals surface area contributed by atoms with Crippen LogP contribution in [0.5, 0.6) is 0 Å². The second kappa shape index (κ2) is 7.70. The van der Waals surface area contributed by atoms with Crippen LogP contribution in [0.3, 0.4) is 0 Å². The fourth-order valence-electron chi connectivity index (χ4n) is 2.82. The molecule has 0 aliphatic carbocycles. The van der Waals surface area contributed by atoms with Gasteiger partial charge in [0.1, 0.15) is 0 Å². The summed E-state index contributed by atoms with van der Waals surface area (Å²) in [5.74, 6) is 0. The molecule has 2 heterocycles. The molecular weight excluding hydrogens is 278 g/mol. The van der Waals surface area contributed by atoms with Gasteiger partial charge in [0.25, 0.3) is 10.2 Å². The van der Waals surface area contributed by atoms with Crippen molar-refractivity contribution >= 4 is 10.2 Å². The largest absolute Gasteiger partial charge is 0.378 e. The van der Waals surface area contributed by atoms with Crippen LogP contribution >= 0.6 is 0 Å². The molecule has 118 valence electrons. The first-order valence-electron chi connectivity index (χ1n) is 7.71. The van der Waals surface area contributed by atoms with E-state index in [2.05, 4.69) is 0 Å². The van der Waals surface area contributed by atoms with Crippen LogP contribution < -0.4 is 5.73 Å². The van der Waals surface area contributed by atoms with Crippen LogP contribution in [0.2, 0.25) is 0 Å². The predicted molar refractivity (Wildman–Crippen MR) is 78.6 cm³/mol. The van der Waals surface area contributed by atoms with E-state index in [1.807, 2.05) is 0 Å². The van der Waals surface area contributed by atoms with E-state index >= 15 is 0 Å². The van der Waals surface area contributed by atoms with Crippen molar-refractivity contribution in [3.05, 3.63) is 0 Å². The molecular formula is C13H27N3O3S. The summed E-state index contributed by atoms with van der Waals surface area (Å²) in [6, 6.07) is 0. The molecule has 0 spiro atoms. The zero-order chi connectivity index (χ0) is 14.4. The monoisotopic (exact) mass is 305 g/mol. The van der Waals surface area contributed by atoms with Gasteiger partial charge in [0, 0.05) is 32.8 Å². The van der Waals surface area contributed by atoms with E-state index in [9.17, 15) is 8.42 Å². The van der Waals surface area contributed by atoms with E-state index in [0.29, 0.717) is 39.3 Å². The van der Waals surface area contributed by atoms with Gasteiger partial charge in [-0.25, -0.2) is 0 Å². The minimum Gasteiger partial charge on any atom is -0.378 e. The maximum Gasteiger partial charge on any atom is 0.281 e. The highest BCUT2D eigenvalue weighted by Crippen LogP contribution is 2.21. The van der Waals surface area contributed by atoms with E-state index in [-0.39, 0.29) is 6.10 Å². The van der Waals surface area contributed by atoms with Gasteiger partial charge >= 0.3 is 0 Å². The topological polar surface area (TPSA) is 75.9 Å². The highest BCUT2D eigenvalue weighted by Gasteiger charge is 2.33. The molecule has 2 saturated heterocycles. The Bertz CT molecular complexity index is 374. The van der Waals surface area contributed by atoms with Crippen LogP contribution in [0.1, 0.15) is 38.5 Å². The van der Waals surface area contributed by atoms with Crippen molar-refractivity contribution in [3.8, 4) is 0 Å². The Balaban J connectivity index is 1.80. The minimum atomic E-state index is -3.24. The maximum atomic E-state index is 12.5. The Morgan fingerprint density at radius 3 is 2.20 bits per heavy atom. The van der Waals surface area contributed by atoms with Gasteiger partial charge in [-0.3, -0.25) is 0 Å². The van der Waals surface area contributed by atoms with E-state index in [1.165, 1.54) is 0 Å². The predicted octanol–water partition coefficient (Wildman–Crippen LogP) is 0.547. The molecule has 0 radical (unpaired) electrons. The van der Waals surface area contributed by atoms with Gasteiger partial charge in [0.2, 0.25) is 0 Å². The number of ether oxygens (including phenoxy) is 1. The molecule has 0 aromatic heterocycles. The number of hydrogen-bond donors (Lipinski definition) is 1. The van der Waals surface area contributed by atoms with Crippen molar-refractivity contribution in [1.29, 1.82) is 0 Å². The second-order valence-electron chi connectivity index (χ2n) is 5.58. The van der Waals surface area contributed by atoms with Gasteiger partial charge in [-0.15, -0.1) is 0 Å². The lowest BCUT2D eigenvalue weighted by Crippen LogP contribution is -2.49.